The largest absolute Gasteiger partial charge is 0.347 e. The van der Waals surface area contributed by atoms with Crippen LogP contribution in [0.4, 0.5) is 0 Å². The van der Waals surface area contributed by atoms with Crippen molar-refractivity contribution in [3.8, 4) is 0 Å². The van der Waals surface area contributed by atoms with Crippen LogP contribution in [0.1, 0.15) is 43.4 Å². The van der Waals surface area contributed by atoms with Gasteiger partial charge in [0.2, 0.25) is 11.8 Å². The van der Waals surface area contributed by atoms with Gasteiger partial charge in [-0.3, -0.25) is 9.36 Å². The van der Waals surface area contributed by atoms with Gasteiger partial charge in [0, 0.05) is 37.8 Å². The molecule has 0 aromatic carbocycles. The summed E-state index contributed by atoms with van der Waals surface area (Å²) in [4.78, 5) is 33.9. The molecule has 0 spiro atoms. The van der Waals surface area contributed by atoms with Crippen molar-refractivity contribution in [3.63, 3.8) is 0 Å². The highest BCUT2D eigenvalue weighted by atomic mass is 16.5. The van der Waals surface area contributed by atoms with Gasteiger partial charge in [-0.15, -0.1) is 0 Å². The van der Waals surface area contributed by atoms with Crippen molar-refractivity contribution in [1.29, 1.82) is 0 Å². The van der Waals surface area contributed by atoms with E-state index in [2.05, 4.69) is 29.0 Å². The monoisotopic (exact) mass is 347 g/mol. The van der Waals surface area contributed by atoms with Crippen LogP contribution >= 0.6 is 0 Å². The highest BCUT2D eigenvalue weighted by molar-refractivity contribution is 5.75. The molecular formula is C17H25N5O3. The molecule has 0 radical (unpaired) electrons. The van der Waals surface area contributed by atoms with Crippen LogP contribution in [0.15, 0.2) is 15.4 Å². The first-order chi connectivity index (χ1) is 11.8. The standard InChI is InChI=1S/C17H25N5O3/c1-11(2)8-15-19-14(20-25-15)10-21(5)16(23)6-7-22-13(4)9-12(3)18-17(22)24/h9,11H,6-8,10H2,1-5H3. The lowest BCUT2D eigenvalue weighted by Gasteiger charge is -2.16. The van der Waals surface area contributed by atoms with E-state index in [4.69, 9.17) is 4.52 Å². The van der Waals surface area contributed by atoms with E-state index in [-0.39, 0.29) is 24.6 Å². The fraction of sp³-hybridized carbons (Fsp3) is 0.588. The smallest absolute Gasteiger partial charge is 0.339 e. The van der Waals surface area contributed by atoms with Crippen LogP contribution in [-0.4, -0.2) is 37.5 Å². The van der Waals surface area contributed by atoms with Crippen molar-refractivity contribution < 1.29 is 9.32 Å². The fourth-order valence-electron chi connectivity index (χ4n) is 2.53. The van der Waals surface area contributed by atoms with Crippen LogP contribution < -0.4 is 5.69 Å². The normalized spacial score (nSPS) is 11.1. The highest BCUT2D eigenvalue weighted by Crippen LogP contribution is 2.08. The summed E-state index contributed by atoms with van der Waals surface area (Å²) in [5.74, 6) is 1.40. The van der Waals surface area contributed by atoms with Crippen molar-refractivity contribution in [1.82, 2.24) is 24.6 Å². The predicted molar refractivity (Wildman–Crippen MR) is 91.9 cm³/mol. The van der Waals surface area contributed by atoms with E-state index in [1.807, 2.05) is 13.0 Å². The summed E-state index contributed by atoms with van der Waals surface area (Å²) in [5, 5.41) is 3.90. The SMILES string of the molecule is Cc1cc(C)n(CCC(=O)N(C)Cc2noc(CC(C)C)n2)c(=O)n1. The van der Waals surface area contributed by atoms with Gasteiger partial charge >= 0.3 is 5.69 Å². The molecule has 0 aliphatic heterocycles. The van der Waals surface area contributed by atoms with Gasteiger partial charge in [-0.2, -0.15) is 9.97 Å². The van der Waals surface area contributed by atoms with E-state index in [0.29, 0.717) is 36.3 Å². The summed E-state index contributed by atoms with van der Waals surface area (Å²) in [6.45, 7) is 8.33. The molecule has 2 rings (SSSR count). The first-order valence-electron chi connectivity index (χ1n) is 8.36. The maximum Gasteiger partial charge on any atom is 0.347 e. The second kappa shape index (κ2) is 8.04. The van der Waals surface area contributed by atoms with Crippen molar-refractivity contribution >= 4 is 5.91 Å². The molecule has 0 fully saturated rings. The Kier molecular flexibility index (Phi) is 6.06. The number of aryl methyl sites for hydroxylation is 2. The van der Waals surface area contributed by atoms with Crippen LogP contribution in [0.25, 0.3) is 0 Å². The molecule has 0 atom stereocenters. The minimum atomic E-state index is -0.329. The summed E-state index contributed by atoms with van der Waals surface area (Å²) < 4.78 is 6.68. The number of aromatic nitrogens is 4. The van der Waals surface area contributed by atoms with E-state index in [1.54, 1.807) is 14.0 Å². The van der Waals surface area contributed by atoms with Crippen LogP contribution in [0, 0.1) is 19.8 Å². The van der Waals surface area contributed by atoms with Crippen LogP contribution in [0.3, 0.4) is 0 Å². The lowest BCUT2D eigenvalue weighted by Crippen LogP contribution is -2.31. The molecule has 2 aromatic rings. The van der Waals surface area contributed by atoms with E-state index in [1.165, 1.54) is 9.47 Å². The number of nitrogens with zero attached hydrogens (tertiary/aromatic N) is 5. The van der Waals surface area contributed by atoms with Crippen molar-refractivity contribution in [3.05, 3.63) is 39.7 Å². The summed E-state index contributed by atoms with van der Waals surface area (Å²) in [7, 11) is 1.68. The third-order valence-electron chi connectivity index (χ3n) is 3.79. The molecule has 8 nitrogen and oxygen atoms in total. The Labute approximate surface area is 146 Å². The molecule has 8 heteroatoms. The van der Waals surface area contributed by atoms with E-state index in [0.717, 1.165) is 5.69 Å². The second-order valence-electron chi connectivity index (χ2n) is 6.68. The zero-order valence-electron chi connectivity index (χ0n) is 15.4. The summed E-state index contributed by atoms with van der Waals surface area (Å²) in [5.41, 5.74) is 1.14. The molecule has 2 aromatic heterocycles. The summed E-state index contributed by atoms with van der Waals surface area (Å²) >= 11 is 0. The predicted octanol–water partition coefficient (Wildman–Crippen LogP) is 1.49. The maximum absolute atomic E-state index is 12.3. The van der Waals surface area contributed by atoms with Crippen LogP contribution in [0.5, 0.6) is 0 Å². The quantitative estimate of drug-likeness (QED) is 0.753. The Hall–Kier alpha value is -2.51. The number of rotatable bonds is 7. The minimum absolute atomic E-state index is 0.0953. The number of carbonyl (C=O) groups excluding carboxylic acids is 1. The molecule has 0 bridgehead atoms. The van der Waals surface area contributed by atoms with Gasteiger partial charge in [0.05, 0.1) is 6.54 Å². The first kappa shape index (κ1) is 18.8. The second-order valence-corrected chi connectivity index (χ2v) is 6.68. The molecule has 0 saturated heterocycles. The van der Waals surface area contributed by atoms with Crippen molar-refractivity contribution in [2.45, 2.75) is 53.6 Å². The highest BCUT2D eigenvalue weighted by Gasteiger charge is 2.15. The lowest BCUT2D eigenvalue weighted by atomic mass is 10.1. The Balaban J connectivity index is 1.92. The van der Waals surface area contributed by atoms with Gasteiger partial charge in [0.1, 0.15) is 0 Å². The van der Waals surface area contributed by atoms with E-state index < -0.39 is 0 Å². The average Bonchev–Trinajstić information content (AvgIpc) is 2.91. The topological polar surface area (TPSA) is 94.1 Å². The Morgan fingerprint density at radius 3 is 2.68 bits per heavy atom. The number of hydrogen-bond acceptors (Lipinski definition) is 6. The molecule has 1 amide bonds. The Morgan fingerprint density at radius 1 is 1.32 bits per heavy atom. The molecule has 0 unspecified atom stereocenters. The van der Waals surface area contributed by atoms with Crippen LogP contribution in [-0.2, 0) is 24.3 Å². The van der Waals surface area contributed by atoms with Gasteiger partial charge in [0.15, 0.2) is 5.82 Å². The summed E-state index contributed by atoms with van der Waals surface area (Å²) in [6.07, 6.45) is 0.923. The third kappa shape index (κ3) is 5.23. The number of amides is 1. The van der Waals surface area contributed by atoms with Crippen molar-refractivity contribution in [2.75, 3.05) is 7.05 Å². The Morgan fingerprint density at radius 2 is 2.04 bits per heavy atom. The summed E-state index contributed by atoms with van der Waals surface area (Å²) in [6, 6.07) is 1.82. The fourth-order valence-corrected chi connectivity index (χ4v) is 2.53. The van der Waals surface area contributed by atoms with Gasteiger partial charge in [0.25, 0.3) is 0 Å². The molecule has 0 aliphatic carbocycles. The van der Waals surface area contributed by atoms with Crippen molar-refractivity contribution in [2.24, 2.45) is 5.92 Å². The zero-order valence-corrected chi connectivity index (χ0v) is 15.4. The Bertz CT molecular complexity index is 794. The molecule has 136 valence electrons. The molecule has 2 heterocycles. The molecule has 25 heavy (non-hydrogen) atoms. The van der Waals surface area contributed by atoms with E-state index >= 15 is 0 Å². The van der Waals surface area contributed by atoms with Crippen LogP contribution in [0.2, 0.25) is 0 Å². The van der Waals surface area contributed by atoms with E-state index in [9.17, 15) is 9.59 Å². The molecule has 0 aliphatic rings. The minimum Gasteiger partial charge on any atom is -0.339 e. The number of carbonyl (C=O) groups is 1. The molecular weight excluding hydrogens is 322 g/mol. The zero-order chi connectivity index (χ0) is 18.6. The first-order valence-corrected chi connectivity index (χ1v) is 8.36. The van der Waals surface area contributed by atoms with Gasteiger partial charge in [-0.1, -0.05) is 19.0 Å². The average molecular weight is 347 g/mol. The lowest BCUT2D eigenvalue weighted by molar-refractivity contribution is -0.130. The maximum atomic E-state index is 12.3. The molecule has 0 saturated carbocycles. The molecule has 0 N–H and O–H groups in total. The number of hydrogen-bond donors (Lipinski definition) is 0. The van der Waals surface area contributed by atoms with Gasteiger partial charge in [-0.05, 0) is 25.8 Å². The third-order valence-corrected chi connectivity index (χ3v) is 3.79. The van der Waals surface area contributed by atoms with Gasteiger partial charge < -0.3 is 9.42 Å². The van der Waals surface area contributed by atoms with Gasteiger partial charge in [-0.25, -0.2) is 4.79 Å².